The Morgan fingerprint density at radius 3 is 2.81 bits per heavy atom. The van der Waals surface area contributed by atoms with Crippen molar-refractivity contribution in [2.75, 3.05) is 12.4 Å². The van der Waals surface area contributed by atoms with Gasteiger partial charge in [-0.05, 0) is 36.2 Å². The number of aliphatic imine (C=N–C) groups is 1. The summed E-state index contributed by atoms with van der Waals surface area (Å²) in [6.07, 6.45) is 2.31. The number of hydrogen-bond acceptors (Lipinski definition) is 5. The fourth-order valence-electron chi connectivity index (χ4n) is 3.03. The molecule has 8 heteroatoms. The summed E-state index contributed by atoms with van der Waals surface area (Å²) < 4.78 is 0. The van der Waals surface area contributed by atoms with E-state index in [1.165, 1.54) is 11.1 Å². The van der Waals surface area contributed by atoms with Gasteiger partial charge in [-0.2, -0.15) is 0 Å². The normalized spacial score (nSPS) is 19.6. The third-order valence-electron chi connectivity index (χ3n) is 4.71. The number of aromatic nitrogens is 1. The summed E-state index contributed by atoms with van der Waals surface area (Å²) in [5, 5.41) is 3.06. The molecular formula is C19H20ClN5O2. The highest BCUT2D eigenvalue weighted by Crippen LogP contribution is 2.37. The van der Waals surface area contributed by atoms with Crippen molar-refractivity contribution in [1.29, 1.82) is 0 Å². The van der Waals surface area contributed by atoms with Gasteiger partial charge in [-0.15, -0.1) is 0 Å². The second-order valence-corrected chi connectivity index (χ2v) is 6.76. The number of anilines is 1. The molecular weight excluding hydrogens is 366 g/mol. The van der Waals surface area contributed by atoms with E-state index >= 15 is 0 Å². The van der Waals surface area contributed by atoms with Gasteiger partial charge < -0.3 is 11.1 Å². The standard InChI is InChI=1S/C19H20ClN5O2/c1-3-19(11-15(26)25(2)18(21)24-19)12-6-4-7-13(10-12)23-17(27)16-14(20)8-5-9-22-16/h4-10H,3,11H2,1-2H3,(H2,21,24)(H,23,27). The number of halogens is 1. The molecule has 0 saturated carbocycles. The maximum Gasteiger partial charge on any atom is 0.275 e. The molecule has 140 valence electrons. The first-order chi connectivity index (χ1) is 12.9. The Morgan fingerprint density at radius 1 is 1.37 bits per heavy atom. The Labute approximate surface area is 162 Å². The van der Waals surface area contributed by atoms with Crippen molar-refractivity contribution >= 4 is 35.1 Å². The average molecular weight is 386 g/mol. The predicted octanol–water partition coefficient (Wildman–Crippen LogP) is 2.77. The molecule has 1 aliphatic heterocycles. The molecule has 0 radical (unpaired) electrons. The Balaban J connectivity index is 1.92. The maximum absolute atomic E-state index is 12.5. The SMILES string of the molecule is CCC1(c2cccc(NC(=O)c3ncccc3Cl)c2)CC(=O)N(C)C(N)=N1. The molecule has 2 heterocycles. The first-order valence-corrected chi connectivity index (χ1v) is 8.88. The number of amides is 2. The minimum Gasteiger partial charge on any atom is -0.369 e. The fourth-order valence-corrected chi connectivity index (χ4v) is 3.24. The zero-order valence-electron chi connectivity index (χ0n) is 15.1. The van der Waals surface area contributed by atoms with Crippen LogP contribution in [0.2, 0.25) is 5.02 Å². The number of guanidine groups is 1. The molecule has 1 aliphatic rings. The minimum absolute atomic E-state index is 0.0981. The van der Waals surface area contributed by atoms with E-state index in [4.69, 9.17) is 17.3 Å². The lowest BCUT2D eigenvalue weighted by atomic mass is 9.83. The van der Waals surface area contributed by atoms with Crippen LogP contribution in [0.5, 0.6) is 0 Å². The zero-order chi connectivity index (χ0) is 19.6. The van der Waals surface area contributed by atoms with Gasteiger partial charge in [-0.25, -0.2) is 9.98 Å². The van der Waals surface area contributed by atoms with Crippen molar-refractivity contribution in [2.24, 2.45) is 10.7 Å². The topological polar surface area (TPSA) is 101 Å². The maximum atomic E-state index is 12.5. The molecule has 2 aromatic rings. The summed E-state index contributed by atoms with van der Waals surface area (Å²) >= 11 is 6.03. The molecule has 2 amide bonds. The van der Waals surface area contributed by atoms with Gasteiger partial charge in [0.05, 0.1) is 17.0 Å². The average Bonchev–Trinajstić information content (AvgIpc) is 2.66. The lowest BCUT2D eigenvalue weighted by Gasteiger charge is -2.36. The van der Waals surface area contributed by atoms with Crippen LogP contribution >= 0.6 is 11.6 Å². The molecule has 3 N–H and O–H groups in total. The van der Waals surface area contributed by atoms with E-state index in [-0.39, 0.29) is 29.0 Å². The predicted molar refractivity (Wildman–Crippen MR) is 105 cm³/mol. The number of rotatable bonds is 4. The third kappa shape index (κ3) is 3.64. The van der Waals surface area contributed by atoms with E-state index in [0.29, 0.717) is 12.1 Å². The van der Waals surface area contributed by atoms with Gasteiger partial charge in [0.1, 0.15) is 5.69 Å². The lowest BCUT2D eigenvalue weighted by molar-refractivity contribution is -0.128. The first kappa shape index (κ1) is 18.8. The number of hydrogen-bond donors (Lipinski definition) is 2. The minimum atomic E-state index is -0.753. The van der Waals surface area contributed by atoms with Crippen LogP contribution in [0.3, 0.4) is 0 Å². The molecule has 0 fully saturated rings. The smallest absolute Gasteiger partial charge is 0.275 e. The molecule has 1 aromatic heterocycles. The molecule has 0 spiro atoms. The monoisotopic (exact) mass is 385 g/mol. The van der Waals surface area contributed by atoms with Gasteiger partial charge in [0.25, 0.3) is 5.91 Å². The van der Waals surface area contributed by atoms with Gasteiger partial charge in [0, 0.05) is 18.9 Å². The molecule has 0 aliphatic carbocycles. The summed E-state index contributed by atoms with van der Waals surface area (Å²) in [5.74, 6) is -0.326. The summed E-state index contributed by atoms with van der Waals surface area (Å²) in [7, 11) is 1.61. The summed E-state index contributed by atoms with van der Waals surface area (Å²) in [6, 6.07) is 10.5. The number of nitrogens with one attached hydrogen (secondary N) is 1. The Hall–Kier alpha value is -2.93. The highest BCUT2D eigenvalue weighted by Gasteiger charge is 2.38. The van der Waals surface area contributed by atoms with Gasteiger partial charge in [-0.1, -0.05) is 30.7 Å². The second kappa shape index (κ2) is 7.36. The van der Waals surface area contributed by atoms with Crippen molar-refractivity contribution in [3.63, 3.8) is 0 Å². The van der Waals surface area contributed by atoms with Crippen LogP contribution in [-0.4, -0.2) is 34.7 Å². The van der Waals surface area contributed by atoms with Crippen LogP contribution in [0, 0.1) is 0 Å². The molecule has 7 nitrogen and oxygen atoms in total. The second-order valence-electron chi connectivity index (χ2n) is 6.35. The van der Waals surface area contributed by atoms with Crippen LogP contribution in [0.4, 0.5) is 5.69 Å². The number of carbonyl (C=O) groups is 2. The molecule has 3 rings (SSSR count). The summed E-state index contributed by atoms with van der Waals surface area (Å²) in [5.41, 5.74) is 6.69. The van der Waals surface area contributed by atoms with Crippen LogP contribution in [0.25, 0.3) is 0 Å². The number of benzene rings is 1. The van der Waals surface area contributed by atoms with E-state index in [2.05, 4.69) is 15.3 Å². The van der Waals surface area contributed by atoms with Gasteiger partial charge >= 0.3 is 0 Å². The number of nitrogens with two attached hydrogens (primary N) is 1. The molecule has 1 aromatic carbocycles. The highest BCUT2D eigenvalue weighted by atomic mass is 35.5. The van der Waals surface area contributed by atoms with Crippen molar-refractivity contribution in [2.45, 2.75) is 25.3 Å². The molecule has 0 saturated heterocycles. The zero-order valence-corrected chi connectivity index (χ0v) is 15.8. The van der Waals surface area contributed by atoms with Crippen molar-refractivity contribution in [3.8, 4) is 0 Å². The van der Waals surface area contributed by atoms with E-state index in [1.54, 1.807) is 37.4 Å². The fraction of sp³-hybridized carbons (Fsp3) is 0.263. The van der Waals surface area contributed by atoms with Crippen LogP contribution in [0.1, 0.15) is 35.8 Å². The molecule has 1 unspecified atom stereocenters. The quantitative estimate of drug-likeness (QED) is 0.844. The van der Waals surface area contributed by atoms with Gasteiger partial charge in [0.15, 0.2) is 5.96 Å². The number of nitrogens with zero attached hydrogens (tertiary/aromatic N) is 3. The number of pyridine rings is 1. The van der Waals surface area contributed by atoms with E-state index in [0.717, 1.165) is 5.56 Å². The Morgan fingerprint density at radius 2 is 2.15 bits per heavy atom. The van der Waals surface area contributed by atoms with E-state index < -0.39 is 11.4 Å². The van der Waals surface area contributed by atoms with Crippen molar-refractivity contribution < 1.29 is 9.59 Å². The van der Waals surface area contributed by atoms with Crippen molar-refractivity contribution in [1.82, 2.24) is 9.88 Å². The highest BCUT2D eigenvalue weighted by molar-refractivity contribution is 6.34. The summed E-state index contributed by atoms with van der Waals surface area (Å²) in [4.78, 5) is 34.7. The largest absolute Gasteiger partial charge is 0.369 e. The Kier molecular flexibility index (Phi) is 5.14. The first-order valence-electron chi connectivity index (χ1n) is 8.50. The van der Waals surface area contributed by atoms with Crippen LogP contribution < -0.4 is 11.1 Å². The van der Waals surface area contributed by atoms with Crippen LogP contribution in [-0.2, 0) is 10.3 Å². The van der Waals surface area contributed by atoms with Gasteiger partial charge in [-0.3, -0.25) is 14.5 Å². The molecule has 27 heavy (non-hydrogen) atoms. The number of carbonyl (C=O) groups excluding carboxylic acids is 2. The van der Waals surface area contributed by atoms with E-state index in [1.807, 2.05) is 13.0 Å². The van der Waals surface area contributed by atoms with E-state index in [9.17, 15) is 9.59 Å². The molecule has 1 atom stereocenters. The van der Waals surface area contributed by atoms with Gasteiger partial charge in [0.2, 0.25) is 5.91 Å². The van der Waals surface area contributed by atoms with Crippen LogP contribution in [0.15, 0.2) is 47.6 Å². The molecule has 0 bridgehead atoms. The Bertz CT molecular complexity index is 930. The van der Waals surface area contributed by atoms with Crippen molar-refractivity contribution in [3.05, 3.63) is 58.9 Å². The third-order valence-corrected chi connectivity index (χ3v) is 5.01. The summed E-state index contributed by atoms with van der Waals surface area (Å²) in [6.45, 7) is 1.95. The lowest BCUT2D eigenvalue weighted by Crippen LogP contribution is -2.48.